The quantitative estimate of drug-likeness (QED) is 0.505. The van der Waals surface area contributed by atoms with Crippen LogP contribution < -0.4 is 0 Å². The molecular formula is C21H34BrNO2S. The van der Waals surface area contributed by atoms with Gasteiger partial charge in [-0.05, 0) is 47.3 Å². The van der Waals surface area contributed by atoms with Crippen LogP contribution in [0.2, 0.25) is 0 Å². The van der Waals surface area contributed by atoms with Crippen molar-refractivity contribution in [2.24, 2.45) is 0 Å². The average Bonchev–Trinajstić information content (AvgIpc) is 3.03. The Labute approximate surface area is 168 Å². The molecule has 1 aliphatic rings. The van der Waals surface area contributed by atoms with Gasteiger partial charge < -0.3 is 0 Å². The van der Waals surface area contributed by atoms with Crippen LogP contribution in [0.25, 0.3) is 0 Å². The van der Waals surface area contributed by atoms with Gasteiger partial charge in [-0.25, -0.2) is 8.42 Å². The summed E-state index contributed by atoms with van der Waals surface area (Å²) in [7, 11) is -3.52. The lowest BCUT2D eigenvalue weighted by atomic mass is 9.89. The molecule has 1 unspecified atom stereocenters. The summed E-state index contributed by atoms with van der Waals surface area (Å²) in [5, 5.41) is 0. The first-order valence-corrected chi connectivity index (χ1v) is 12.2. The minimum absolute atomic E-state index is 0.0322. The zero-order chi connectivity index (χ0) is 19.8. The molecule has 0 aliphatic carbocycles. The molecule has 1 heterocycles. The van der Waals surface area contributed by atoms with E-state index < -0.39 is 10.0 Å². The highest BCUT2D eigenvalue weighted by Gasteiger charge is 2.40. The molecule has 0 aromatic heterocycles. The van der Waals surface area contributed by atoms with Gasteiger partial charge in [-0.2, -0.15) is 4.31 Å². The van der Waals surface area contributed by atoms with Gasteiger partial charge in [0.05, 0.1) is 4.90 Å². The second kappa shape index (κ2) is 8.32. The molecule has 26 heavy (non-hydrogen) atoms. The molecule has 0 radical (unpaired) electrons. The lowest BCUT2D eigenvalue weighted by molar-refractivity contribution is 0.386. The number of sulfonamides is 1. The highest BCUT2D eigenvalue weighted by molar-refractivity contribution is 9.09. The van der Waals surface area contributed by atoms with E-state index in [9.17, 15) is 8.42 Å². The predicted octanol–water partition coefficient (Wildman–Crippen LogP) is 5.99. The number of nitrogens with zero attached hydrogens (tertiary/aromatic N) is 1. The molecule has 0 amide bonds. The maximum Gasteiger partial charge on any atom is 0.243 e. The van der Waals surface area contributed by atoms with Gasteiger partial charge in [0.1, 0.15) is 0 Å². The number of hydrogen-bond donors (Lipinski definition) is 0. The van der Waals surface area contributed by atoms with Crippen molar-refractivity contribution in [3.05, 3.63) is 28.8 Å². The fourth-order valence-corrected chi connectivity index (χ4v) is 6.97. The van der Waals surface area contributed by atoms with Gasteiger partial charge in [0.2, 0.25) is 10.0 Å². The standard InChI is InChI=1S/C21H34BrNO2S/c1-13(2)17-11-18(14(3)4)21(19(12-17)15(5)6)26(24,25)23-10-8-9-20(23)16(7)22/h11-16,20H,8-10H2,1-7H3/t16-,20?/m0/s1. The van der Waals surface area contributed by atoms with Crippen LogP contribution in [0.4, 0.5) is 0 Å². The highest BCUT2D eigenvalue weighted by Crippen LogP contribution is 2.39. The fourth-order valence-electron chi connectivity index (χ4n) is 3.83. The number of alkyl halides is 1. The molecule has 2 atom stereocenters. The van der Waals surface area contributed by atoms with E-state index in [1.54, 1.807) is 4.31 Å². The van der Waals surface area contributed by atoms with Crippen LogP contribution in [0, 0.1) is 0 Å². The molecule has 0 saturated carbocycles. The van der Waals surface area contributed by atoms with Crippen LogP contribution in [0.5, 0.6) is 0 Å². The van der Waals surface area contributed by atoms with Gasteiger partial charge in [0.25, 0.3) is 0 Å². The van der Waals surface area contributed by atoms with Crippen LogP contribution in [-0.2, 0) is 10.0 Å². The van der Waals surface area contributed by atoms with Gasteiger partial charge in [-0.1, -0.05) is 76.5 Å². The van der Waals surface area contributed by atoms with E-state index in [0.717, 1.165) is 24.0 Å². The van der Waals surface area contributed by atoms with Crippen molar-refractivity contribution in [3.8, 4) is 0 Å². The molecule has 5 heteroatoms. The summed E-state index contributed by atoms with van der Waals surface area (Å²) in [5.74, 6) is 0.709. The van der Waals surface area contributed by atoms with Crippen LogP contribution >= 0.6 is 15.9 Å². The van der Waals surface area contributed by atoms with Crippen LogP contribution in [-0.4, -0.2) is 30.1 Å². The number of benzene rings is 1. The van der Waals surface area contributed by atoms with E-state index in [1.165, 1.54) is 5.56 Å². The SMILES string of the molecule is CC(C)c1cc(C(C)C)c(S(=O)(=O)N2CCCC2[C@H](C)Br)c(C(C)C)c1. The van der Waals surface area contributed by atoms with Gasteiger partial charge in [-0.3, -0.25) is 0 Å². The highest BCUT2D eigenvalue weighted by atomic mass is 79.9. The maximum absolute atomic E-state index is 13.8. The first-order valence-electron chi connectivity index (χ1n) is 9.82. The summed E-state index contributed by atoms with van der Waals surface area (Å²) in [6.45, 7) is 15.4. The molecule has 1 aromatic rings. The zero-order valence-electron chi connectivity index (χ0n) is 17.2. The average molecular weight is 444 g/mol. The predicted molar refractivity (Wildman–Crippen MR) is 114 cm³/mol. The first-order chi connectivity index (χ1) is 12.0. The van der Waals surface area contributed by atoms with Gasteiger partial charge in [-0.15, -0.1) is 0 Å². The topological polar surface area (TPSA) is 37.4 Å². The Hall–Kier alpha value is -0.390. The van der Waals surface area contributed by atoms with Crippen LogP contribution in [0.15, 0.2) is 17.0 Å². The monoisotopic (exact) mass is 443 g/mol. The summed E-state index contributed by atoms with van der Waals surface area (Å²) in [5.41, 5.74) is 3.16. The van der Waals surface area contributed by atoms with Gasteiger partial charge >= 0.3 is 0 Å². The van der Waals surface area contributed by atoms with E-state index in [1.807, 2.05) is 6.92 Å². The Morgan fingerprint density at radius 3 is 1.85 bits per heavy atom. The summed E-state index contributed by atoms with van der Waals surface area (Å²) in [6, 6.07) is 4.28. The molecule has 0 N–H and O–H groups in total. The van der Waals surface area contributed by atoms with Crippen molar-refractivity contribution in [1.29, 1.82) is 0 Å². The first kappa shape index (κ1) is 21.9. The molecule has 3 nitrogen and oxygen atoms in total. The van der Waals surface area contributed by atoms with Crippen molar-refractivity contribution in [3.63, 3.8) is 0 Å². The molecular weight excluding hydrogens is 410 g/mol. The Kier molecular flexibility index (Phi) is 7.01. The van der Waals surface area contributed by atoms with Gasteiger partial charge in [0.15, 0.2) is 0 Å². The molecule has 148 valence electrons. The van der Waals surface area contributed by atoms with E-state index in [4.69, 9.17) is 0 Å². The fraction of sp³-hybridized carbons (Fsp3) is 0.714. The Morgan fingerprint density at radius 1 is 0.962 bits per heavy atom. The van der Waals surface area contributed by atoms with Crippen molar-refractivity contribution in [2.45, 2.75) is 94.8 Å². The van der Waals surface area contributed by atoms with Crippen molar-refractivity contribution < 1.29 is 8.42 Å². The normalized spacial score (nSPS) is 20.5. The summed E-state index contributed by atoms with van der Waals surface area (Å²) in [4.78, 5) is 0.715. The molecule has 1 aromatic carbocycles. The Morgan fingerprint density at radius 2 is 1.46 bits per heavy atom. The summed E-state index contributed by atoms with van der Waals surface area (Å²) < 4.78 is 29.3. The molecule has 0 spiro atoms. The van der Waals surface area contributed by atoms with Crippen LogP contribution in [0.3, 0.4) is 0 Å². The molecule has 2 rings (SSSR count). The van der Waals surface area contributed by atoms with E-state index in [0.29, 0.717) is 17.4 Å². The number of rotatable bonds is 6. The smallest absolute Gasteiger partial charge is 0.207 e. The second-order valence-electron chi connectivity index (χ2n) is 8.50. The molecule has 1 aliphatic heterocycles. The Bertz CT molecular complexity index is 709. The number of hydrogen-bond acceptors (Lipinski definition) is 2. The van der Waals surface area contributed by atoms with E-state index in [2.05, 4.69) is 69.6 Å². The summed E-state index contributed by atoms with van der Waals surface area (Å²) in [6.07, 6.45) is 1.85. The largest absolute Gasteiger partial charge is 0.243 e. The maximum atomic E-state index is 13.8. The number of halogens is 1. The molecule has 0 bridgehead atoms. The lowest BCUT2D eigenvalue weighted by Gasteiger charge is -2.30. The van der Waals surface area contributed by atoms with Crippen LogP contribution in [0.1, 0.15) is 95.8 Å². The second-order valence-corrected chi connectivity index (χ2v) is 11.8. The molecule has 1 fully saturated rings. The lowest BCUT2D eigenvalue weighted by Crippen LogP contribution is -2.40. The van der Waals surface area contributed by atoms with Crippen molar-refractivity contribution >= 4 is 26.0 Å². The minimum atomic E-state index is -3.52. The zero-order valence-corrected chi connectivity index (χ0v) is 19.6. The minimum Gasteiger partial charge on any atom is -0.207 e. The van der Waals surface area contributed by atoms with E-state index in [-0.39, 0.29) is 22.7 Å². The Balaban J connectivity index is 2.74. The van der Waals surface area contributed by atoms with Crippen molar-refractivity contribution in [1.82, 2.24) is 4.31 Å². The van der Waals surface area contributed by atoms with Crippen molar-refractivity contribution in [2.75, 3.05) is 6.54 Å². The summed E-state index contributed by atoms with van der Waals surface area (Å²) >= 11 is 3.63. The third-order valence-electron chi connectivity index (χ3n) is 5.42. The third-order valence-corrected chi connectivity index (χ3v) is 8.09. The van der Waals surface area contributed by atoms with Gasteiger partial charge in [0, 0.05) is 17.4 Å². The molecule has 1 saturated heterocycles. The van der Waals surface area contributed by atoms with E-state index >= 15 is 0 Å². The third kappa shape index (κ3) is 4.20.